The number of phenols is 1. The Hall–Kier alpha value is -4.58. The van der Waals surface area contributed by atoms with Crippen LogP contribution >= 0.6 is 0 Å². The van der Waals surface area contributed by atoms with Gasteiger partial charge in [0.2, 0.25) is 5.91 Å². The Bertz CT molecular complexity index is 1520. The summed E-state index contributed by atoms with van der Waals surface area (Å²) >= 11 is 0. The SMILES string of the molecule is CC(C)CC(NC(=O)C(Cc1ccccc1)NC(=O)c1cnccn1)B(O)O.NC1CC1c1ccc(-c2cccc(O)c2)cc1. The first-order valence-electron chi connectivity index (χ1n) is 15.0. The highest BCUT2D eigenvalue weighted by Gasteiger charge is 2.34. The van der Waals surface area contributed by atoms with Crippen LogP contribution in [0.15, 0.2) is 97.5 Å². The molecule has 0 bridgehead atoms. The lowest BCUT2D eigenvalue weighted by Gasteiger charge is -2.24. The van der Waals surface area contributed by atoms with Crippen LogP contribution in [0.1, 0.15) is 54.2 Å². The van der Waals surface area contributed by atoms with E-state index in [1.54, 1.807) is 12.1 Å². The van der Waals surface area contributed by atoms with Gasteiger partial charge in [0.05, 0.1) is 12.1 Å². The average molecular weight is 610 g/mol. The van der Waals surface area contributed by atoms with Gasteiger partial charge in [-0.3, -0.25) is 14.6 Å². The summed E-state index contributed by atoms with van der Waals surface area (Å²) in [5, 5.41) is 33.9. The maximum Gasteiger partial charge on any atom is 0.475 e. The number of aromatic hydroxyl groups is 1. The number of hydrogen-bond acceptors (Lipinski definition) is 8. The van der Waals surface area contributed by atoms with Crippen LogP contribution in [0.25, 0.3) is 11.1 Å². The average Bonchev–Trinajstić information content (AvgIpc) is 3.77. The molecule has 7 N–H and O–H groups in total. The van der Waals surface area contributed by atoms with Crippen molar-refractivity contribution in [1.29, 1.82) is 0 Å². The maximum atomic E-state index is 12.8. The minimum absolute atomic E-state index is 0.0919. The summed E-state index contributed by atoms with van der Waals surface area (Å²) in [6, 6.07) is 24.4. The minimum atomic E-state index is -1.69. The Labute approximate surface area is 263 Å². The number of rotatable bonds is 11. The molecule has 0 aliphatic heterocycles. The van der Waals surface area contributed by atoms with Crippen LogP contribution in [0, 0.1) is 5.92 Å². The Morgan fingerprint density at radius 1 is 0.956 bits per heavy atom. The van der Waals surface area contributed by atoms with Crippen molar-refractivity contribution < 1.29 is 24.7 Å². The van der Waals surface area contributed by atoms with E-state index in [1.165, 1.54) is 24.2 Å². The van der Waals surface area contributed by atoms with Crippen molar-refractivity contribution in [2.75, 3.05) is 0 Å². The van der Waals surface area contributed by atoms with Crippen molar-refractivity contribution in [2.45, 2.75) is 57.1 Å². The highest BCUT2D eigenvalue weighted by molar-refractivity contribution is 6.43. The van der Waals surface area contributed by atoms with E-state index in [-0.39, 0.29) is 18.0 Å². The lowest BCUT2D eigenvalue weighted by Crippen LogP contribution is -2.55. The number of carbonyl (C=O) groups is 2. The lowest BCUT2D eigenvalue weighted by molar-refractivity contribution is -0.123. The number of nitrogens with two attached hydrogens (primary N) is 1. The van der Waals surface area contributed by atoms with Gasteiger partial charge in [-0.2, -0.15) is 0 Å². The molecule has 45 heavy (non-hydrogen) atoms. The zero-order chi connectivity index (χ0) is 32.3. The standard InChI is InChI=1S/C19H25BN4O4.C15H15NO/c1-13(2)10-17(20(27)28)24-18(25)15(11-14-6-4-3-5-7-14)23-19(26)16-12-21-8-9-22-16;16-15-9-14(15)11-6-4-10(5-7-11)12-2-1-3-13(17)8-12/h3-9,12-13,15,17,27-28H,10-11H2,1-2H3,(H,23,26)(H,24,25);1-8,14-15,17H,9,16H2. The third kappa shape index (κ3) is 10.2. The predicted molar refractivity (Wildman–Crippen MR) is 174 cm³/mol. The molecule has 1 aliphatic carbocycles. The number of phenolic OH excluding ortho intramolecular Hbond substituents is 1. The molecule has 0 saturated heterocycles. The number of benzene rings is 3. The summed E-state index contributed by atoms with van der Waals surface area (Å²) in [5.41, 5.74) is 10.3. The van der Waals surface area contributed by atoms with E-state index in [4.69, 9.17) is 5.73 Å². The zero-order valence-electron chi connectivity index (χ0n) is 25.5. The molecule has 1 heterocycles. The van der Waals surface area contributed by atoms with Crippen molar-refractivity contribution in [3.63, 3.8) is 0 Å². The molecule has 4 aromatic rings. The molecule has 0 radical (unpaired) electrons. The molecule has 5 rings (SSSR count). The van der Waals surface area contributed by atoms with Crippen molar-refractivity contribution >= 4 is 18.9 Å². The van der Waals surface area contributed by atoms with Crippen molar-refractivity contribution in [3.8, 4) is 16.9 Å². The topological polar surface area (TPSA) is 171 Å². The molecule has 234 valence electrons. The van der Waals surface area contributed by atoms with Gasteiger partial charge in [-0.05, 0) is 53.1 Å². The van der Waals surface area contributed by atoms with Crippen LogP contribution in [0.4, 0.5) is 0 Å². The van der Waals surface area contributed by atoms with Gasteiger partial charge in [0.25, 0.3) is 5.91 Å². The van der Waals surface area contributed by atoms with Crippen molar-refractivity contribution in [2.24, 2.45) is 11.7 Å². The van der Waals surface area contributed by atoms with Gasteiger partial charge in [-0.15, -0.1) is 0 Å². The molecule has 3 aromatic carbocycles. The van der Waals surface area contributed by atoms with E-state index < -0.39 is 30.9 Å². The van der Waals surface area contributed by atoms with Crippen molar-refractivity contribution in [1.82, 2.24) is 20.6 Å². The highest BCUT2D eigenvalue weighted by Crippen LogP contribution is 2.39. The molecule has 4 atom stereocenters. The number of hydrogen-bond donors (Lipinski definition) is 6. The Morgan fingerprint density at radius 2 is 1.67 bits per heavy atom. The van der Waals surface area contributed by atoms with Gasteiger partial charge in [0, 0.05) is 30.8 Å². The van der Waals surface area contributed by atoms with Crippen LogP contribution < -0.4 is 16.4 Å². The second kappa shape index (κ2) is 15.9. The Kier molecular flexibility index (Phi) is 11.8. The number of nitrogens with one attached hydrogen (secondary N) is 2. The molecular weight excluding hydrogens is 569 g/mol. The molecule has 11 heteroatoms. The summed E-state index contributed by atoms with van der Waals surface area (Å²) in [4.78, 5) is 33.1. The number of amides is 2. The number of nitrogens with zero attached hydrogens (tertiary/aromatic N) is 2. The van der Waals surface area contributed by atoms with Gasteiger partial charge in [-0.25, -0.2) is 4.98 Å². The molecule has 10 nitrogen and oxygen atoms in total. The summed E-state index contributed by atoms with van der Waals surface area (Å²) in [5.74, 6) is -0.869. The summed E-state index contributed by atoms with van der Waals surface area (Å²) in [7, 11) is -1.69. The first-order valence-corrected chi connectivity index (χ1v) is 15.0. The summed E-state index contributed by atoms with van der Waals surface area (Å²) in [6.45, 7) is 3.83. The monoisotopic (exact) mass is 609 g/mol. The highest BCUT2D eigenvalue weighted by atomic mass is 16.4. The van der Waals surface area contributed by atoms with Gasteiger partial charge in [-0.1, -0.05) is 80.6 Å². The fourth-order valence-corrected chi connectivity index (χ4v) is 4.96. The van der Waals surface area contributed by atoms with Crippen LogP contribution in [0.5, 0.6) is 5.75 Å². The first kappa shape index (κ1) is 33.3. The van der Waals surface area contributed by atoms with Crippen molar-refractivity contribution in [3.05, 3.63) is 114 Å². The van der Waals surface area contributed by atoms with E-state index >= 15 is 0 Å². The van der Waals surface area contributed by atoms with Gasteiger partial charge >= 0.3 is 7.12 Å². The quantitative estimate of drug-likeness (QED) is 0.141. The van der Waals surface area contributed by atoms with Gasteiger partial charge < -0.3 is 31.5 Å². The molecule has 1 aromatic heterocycles. The summed E-state index contributed by atoms with van der Waals surface area (Å²) in [6.07, 6.45) is 5.89. The Morgan fingerprint density at radius 3 is 2.24 bits per heavy atom. The van der Waals surface area contributed by atoms with Crippen LogP contribution in [0.2, 0.25) is 0 Å². The maximum absolute atomic E-state index is 12.8. The predicted octanol–water partition coefficient (Wildman–Crippen LogP) is 3.23. The fraction of sp³-hybridized carbons (Fsp3) is 0.294. The third-order valence-electron chi connectivity index (χ3n) is 7.47. The van der Waals surface area contributed by atoms with Gasteiger partial charge in [0.1, 0.15) is 17.5 Å². The summed E-state index contributed by atoms with van der Waals surface area (Å²) < 4.78 is 0. The van der Waals surface area contributed by atoms with E-state index in [9.17, 15) is 24.7 Å². The second-order valence-corrected chi connectivity index (χ2v) is 11.6. The smallest absolute Gasteiger partial charge is 0.475 e. The Balaban J connectivity index is 0.000000229. The van der Waals surface area contributed by atoms with E-state index in [0.717, 1.165) is 23.1 Å². The van der Waals surface area contributed by atoms with Crippen LogP contribution in [0.3, 0.4) is 0 Å². The second-order valence-electron chi connectivity index (χ2n) is 11.6. The van der Waals surface area contributed by atoms with Gasteiger partial charge in [0.15, 0.2) is 0 Å². The fourth-order valence-electron chi connectivity index (χ4n) is 4.96. The lowest BCUT2D eigenvalue weighted by atomic mass is 9.75. The van der Waals surface area contributed by atoms with E-state index in [1.807, 2.05) is 56.3 Å². The molecule has 1 saturated carbocycles. The van der Waals surface area contributed by atoms with Crippen LogP contribution in [-0.2, 0) is 11.2 Å². The normalized spacial score (nSPS) is 16.5. The minimum Gasteiger partial charge on any atom is -0.508 e. The zero-order valence-corrected chi connectivity index (χ0v) is 25.5. The third-order valence-corrected chi connectivity index (χ3v) is 7.47. The van der Waals surface area contributed by atoms with E-state index in [0.29, 0.717) is 24.1 Å². The van der Waals surface area contributed by atoms with E-state index in [2.05, 4.69) is 44.9 Å². The first-order chi connectivity index (χ1) is 21.6. The van der Waals surface area contributed by atoms with Crippen LogP contribution in [-0.4, -0.2) is 62.1 Å². The molecule has 4 unspecified atom stereocenters. The molecule has 1 aliphatic rings. The molecule has 2 amide bonds. The molecular formula is C34H40BN5O5. The molecule has 1 fully saturated rings. The molecule has 0 spiro atoms. The number of aromatic nitrogens is 2. The number of carbonyl (C=O) groups excluding carboxylic acids is 2. The largest absolute Gasteiger partial charge is 0.508 e.